The molecule has 0 atom stereocenters. The first-order chi connectivity index (χ1) is 10.2. The molecule has 2 rings (SSSR count). The molecule has 1 aromatic carbocycles. The van der Waals surface area contributed by atoms with E-state index in [0.717, 1.165) is 6.42 Å². The van der Waals surface area contributed by atoms with Crippen LogP contribution in [0, 0.1) is 0 Å². The third-order valence-corrected chi connectivity index (χ3v) is 2.90. The minimum absolute atomic E-state index is 0.165. The van der Waals surface area contributed by atoms with Crippen molar-refractivity contribution >= 4 is 22.7 Å². The Morgan fingerprint density at radius 1 is 1.19 bits per heavy atom. The maximum Gasteiger partial charge on any atom is 0.379 e. The van der Waals surface area contributed by atoms with Crippen LogP contribution in [0.1, 0.15) is 30.6 Å². The summed E-state index contributed by atoms with van der Waals surface area (Å²) >= 11 is 0. The van der Waals surface area contributed by atoms with E-state index in [2.05, 4.69) is 4.98 Å². The Morgan fingerprint density at radius 2 is 2.00 bits per heavy atom. The van der Waals surface area contributed by atoms with Gasteiger partial charge in [-0.05, 0) is 31.5 Å². The van der Waals surface area contributed by atoms with E-state index >= 15 is 0 Å². The van der Waals surface area contributed by atoms with E-state index in [0.29, 0.717) is 23.3 Å². The highest BCUT2D eigenvalue weighted by atomic mass is 16.5. The molecule has 1 aromatic heterocycles. The Kier molecular flexibility index (Phi) is 4.87. The highest BCUT2D eigenvalue weighted by molar-refractivity contribution is 6.43. The van der Waals surface area contributed by atoms with Gasteiger partial charge in [-0.15, -0.1) is 0 Å². The van der Waals surface area contributed by atoms with Gasteiger partial charge in [0.15, 0.2) is 0 Å². The fourth-order valence-electron chi connectivity index (χ4n) is 1.98. The highest BCUT2D eigenvalue weighted by Crippen LogP contribution is 2.27. The summed E-state index contributed by atoms with van der Waals surface area (Å²) < 4.78 is 10.4. The van der Waals surface area contributed by atoms with Gasteiger partial charge in [-0.2, -0.15) is 0 Å². The summed E-state index contributed by atoms with van der Waals surface area (Å²) in [6.45, 7) is 4.40. The molecule has 0 aliphatic rings. The van der Waals surface area contributed by atoms with Crippen molar-refractivity contribution in [3.05, 3.63) is 36.0 Å². The lowest BCUT2D eigenvalue weighted by Crippen LogP contribution is -2.18. The summed E-state index contributed by atoms with van der Waals surface area (Å²) in [5.74, 6) is -0.922. The second-order valence-electron chi connectivity index (χ2n) is 4.41. The molecule has 0 bridgehead atoms. The molecule has 0 fully saturated rings. The standard InChI is InChI=1S/C16H17NO4/c1-3-10-21-13-8-7-12(15(18)16(19)20-4-2)11-6-5-9-17-14(11)13/h5-9H,3-4,10H2,1-2H3. The van der Waals surface area contributed by atoms with Gasteiger partial charge in [0.2, 0.25) is 0 Å². The summed E-state index contributed by atoms with van der Waals surface area (Å²) in [6.07, 6.45) is 2.50. The van der Waals surface area contributed by atoms with Crippen LogP contribution in [-0.2, 0) is 9.53 Å². The van der Waals surface area contributed by atoms with Crippen LogP contribution >= 0.6 is 0 Å². The van der Waals surface area contributed by atoms with Gasteiger partial charge in [0.1, 0.15) is 11.3 Å². The highest BCUT2D eigenvalue weighted by Gasteiger charge is 2.21. The molecular weight excluding hydrogens is 270 g/mol. The summed E-state index contributed by atoms with van der Waals surface area (Å²) in [5.41, 5.74) is 0.849. The fourth-order valence-corrected chi connectivity index (χ4v) is 1.98. The Labute approximate surface area is 122 Å². The van der Waals surface area contributed by atoms with Crippen molar-refractivity contribution in [1.82, 2.24) is 4.98 Å². The van der Waals surface area contributed by atoms with Gasteiger partial charge in [0, 0.05) is 17.1 Å². The molecule has 2 aromatic rings. The molecule has 0 amide bonds. The number of rotatable bonds is 6. The number of nitrogens with zero attached hydrogens (tertiary/aromatic N) is 1. The number of fused-ring (bicyclic) bond motifs is 1. The van der Waals surface area contributed by atoms with Crippen LogP contribution in [0.5, 0.6) is 5.75 Å². The average molecular weight is 287 g/mol. The molecule has 0 N–H and O–H groups in total. The first kappa shape index (κ1) is 15.0. The van der Waals surface area contributed by atoms with Crippen molar-refractivity contribution < 1.29 is 19.1 Å². The van der Waals surface area contributed by atoms with E-state index in [4.69, 9.17) is 9.47 Å². The van der Waals surface area contributed by atoms with Crippen molar-refractivity contribution in [2.45, 2.75) is 20.3 Å². The number of carbonyl (C=O) groups excluding carboxylic acids is 2. The largest absolute Gasteiger partial charge is 0.491 e. The predicted octanol–water partition coefficient (Wildman–Crippen LogP) is 2.77. The molecule has 110 valence electrons. The SMILES string of the molecule is CCCOc1ccc(C(=O)C(=O)OCC)c2cccnc12. The summed E-state index contributed by atoms with van der Waals surface area (Å²) in [4.78, 5) is 28.0. The quantitative estimate of drug-likeness (QED) is 0.464. The molecule has 0 aliphatic heterocycles. The third-order valence-electron chi connectivity index (χ3n) is 2.90. The van der Waals surface area contributed by atoms with E-state index in [1.165, 1.54) is 0 Å². The number of pyridine rings is 1. The minimum Gasteiger partial charge on any atom is -0.491 e. The van der Waals surface area contributed by atoms with E-state index in [1.54, 1.807) is 37.4 Å². The number of Topliss-reactive ketones (excluding diaryl/α,β-unsaturated/α-hetero) is 1. The van der Waals surface area contributed by atoms with Gasteiger partial charge in [-0.1, -0.05) is 13.0 Å². The minimum atomic E-state index is -0.857. The Hall–Kier alpha value is -2.43. The zero-order valence-electron chi connectivity index (χ0n) is 12.1. The molecule has 0 unspecified atom stereocenters. The van der Waals surface area contributed by atoms with E-state index in [1.807, 2.05) is 6.92 Å². The van der Waals surface area contributed by atoms with Crippen LogP contribution in [0.2, 0.25) is 0 Å². The first-order valence-corrected chi connectivity index (χ1v) is 6.91. The molecule has 0 saturated heterocycles. The molecule has 0 saturated carbocycles. The van der Waals surface area contributed by atoms with Crippen molar-refractivity contribution in [1.29, 1.82) is 0 Å². The number of aromatic nitrogens is 1. The molecule has 0 radical (unpaired) electrons. The Bertz CT molecular complexity index is 666. The topological polar surface area (TPSA) is 65.5 Å². The second kappa shape index (κ2) is 6.83. The monoisotopic (exact) mass is 287 g/mol. The molecule has 1 heterocycles. The van der Waals surface area contributed by atoms with Crippen LogP contribution in [0.3, 0.4) is 0 Å². The number of benzene rings is 1. The van der Waals surface area contributed by atoms with Crippen molar-refractivity contribution in [2.24, 2.45) is 0 Å². The van der Waals surface area contributed by atoms with Crippen LogP contribution in [0.4, 0.5) is 0 Å². The van der Waals surface area contributed by atoms with Gasteiger partial charge in [-0.25, -0.2) is 4.79 Å². The van der Waals surface area contributed by atoms with Crippen LogP contribution in [0.15, 0.2) is 30.5 Å². The Morgan fingerprint density at radius 3 is 2.71 bits per heavy atom. The fraction of sp³-hybridized carbons (Fsp3) is 0.312. The lowest BCUT2D eigenvalue weighted by atomic mass is 10.0. The number of ether oxygens (including phenoxy) is 2. The van der Waals surface area contributed by atoms with Crippen LogP contribution < -0.4 is 4.74 Å². The third kappa shape index (κ3) is 3.18. The normalized spacial score (nSPS) is 10.4. The predicted molar refractivity (Wildman–Crippen MR) is 78.5 cm³/mol. The van der Waals surface area contributed by atoms with Crippen molar-refractivity contribution in [3.63, 3.8) is 0 Å². The lowest BCUT2D eigenvalue weighted by Gasteiger charge is -2.10. The Balaban J connectivity index is 2.47. The van der Waals surface area contributed by atoms with Gasteiger partial charge >= 0.3 is 5.97 Å². The first-order valence-electron chi connectivity index (χ1n) is 6.91. The van der Waals surface area contributed by atoms with Crippen molar-refractivity contribution in [3.8, 4) is 5.75 Å². The maximum absolute atomic E-state index is 12.1. The van der Waals surface area contributed by atoms with E-state index in [-0.39, 0.29) is 12.2 Å². The zero-order chi connectivity index (χ0) is 15.2. The molecule has 21 heavy (non-hydrogen) atoms. The van der Waals surface area contributed by atoms with E-state index in [9.17, 15) is 9.59 Å². The smallest absolute Gasteiger partial charge is 0.379 e. The molecule has 0 spiro atoms. The number of esters is 1. The van der Waals surface area contributed by atoms with Gasteiger partial charge in [0.25, 0.3) is 5.78 Å². The zero-order valence-corrected chi connectivity index (χ0v) is 12.1. The molecular formula is C16H17NO4. The summed E-state index contributed by atoms with van der Waals surface area (Å²) in [6, 6.07) is 6.70. The summed E-state index contributed by atoms with van der Waals surface area (Å²) in [7, 11) is 0. The van der Waals surface area contributed by atoms with E-state index < -0.39 is 11.8 Å². The molecule has 0 aliphatic carbocycles. The van der Waals surface area contributed by atoms with Gasteiger partial charge in [-0.3, -0.25) is 9.78 Å². The van der Waals surface area contributed by atoms with Gasteiger partial charge < -0.3 is 9.47 Å². The number of ketones is 1. The van der Waals surface area contributed by atoms with Crippen LogP contribution in [0.25, 0.3) is 10.9 Å². The number of hydrogen-bond acceptors (Lipinski definition) is 5. The lowest BCUT2D eigenvalue weighted by molar-refractivity contribution is -0.137. The average Bonchev–Trinajstić information content (AvgIpc) is 2.52. The maximum atomic E-state index is 12.1. The second-order valence-corrected chi connectivity index (χ2v) is 4.41. The van der Waals surface area contributed by atoms with Crippen LogP contribution in [-0.4, -0.2) is 30.0 Å². The van der Waals surface area contributed by atoms with Gasteiger partial charge in [0.05, 0.1) is 13.2 Å². The van der Waals surface area contributed by atoms with Crippen molar-refractivity contribution in [2.75, 3.05) is 13.2 Å². The number of hydrogen-bond donors (Lipinski definition) is 0. The number of carbonyl (C=O) groups is 2. The molecule has 5 nitrogen and oxygen atoms in total. The molecule has 5 heteroatoms. The summed E-state index contributed by atoms with van der Waals surface area (Å²) in [5, 5.41) is 0.587.